The van der Waals surface area contributed by atoms with E-state index in [2.05, 4.69) is 19.2 Å². The summed E-state index contributed by atoms with van der Waals surface area (Å²) in [6.45, 7) is 5.62. The molecule has 8 nitrogen and oxygen atoms in total. The molecule has 2 fully saturated rings. The molecule has 4 rings (SSSR count). The monoisotopic (exact) mass is 398 g/mol. The van der Waals surface area contributed by atoms with Crippen LogP contribution in [-0.2, 0) is 16.1 Å². The SMILES string of the molecule is CC(C)c1nn(-c2ccccc2)cc1CNC(=O)N1C[C@@H]2COC[C@]2(C(=O)O)C1. The molecule has 29 heavy (non-hydrogen) atoms. The highest BCUT2D eigenvalue weighted by Gasteiger charge is 2.57. The van der Waals surface area contributed by atoms with Crippen LogP contribution in [0.25, 0.3) is 5.69 Å². The number of aliphatic carboxylic acids is 1. The van der Waals surface area contributed by atoms with Crippen LogP contribution in [0.2, 0.25) is 0 Å². The summed E-state index contributed by atoms with van der Waals surface area (Å²) >= 11 is 0. The van der Waals surface area contributed by atoms with Gasteiger partial charge in [0.05, 0.1) is 24.6 Å². The van der Waals surface area contributed by atoms with Crippen LogP contribution < -0.4 is 5.32 Å². The summed E-state index contributed by atoms with van der Waals surface area (Å²) in [6.07, 6.45) is 1.94. The maximum Gasteiger partial charge on any atom is 0.317 e. The van der Waals surface area contributed by atoms with Gasteiger partial charge in [0.2, 0.25) is 0 Å². The number of nitrogens with one attached hydrogen (secondary N) is 1. The minimum atomic E-state index is -0.974. The van der Waals surface area contributed by atoms with E-state index in [1.807, 2.05) is 41.2 Å². The first kappa shape index (κ1) is 19.4. The van der Waals surface area contributed by atoms with Crippen LogP contribution in [0.3, 0.4) is 0 Å². The zero-order chi connectivity index (χ0) is 20.6. The second-order valence-corrected chi connectivity index (χ2v) is 8.19. The van der Waals surface area contributed by atoms with Gasteiger partial charge in [-0.2, -0.15) is 5.10 Å². The van der Waals surface area contributed by atoms with Gasteiger partial charge in [-0.1, -0.05) is 32.0 Å². The summed E-state index contributed by atoms with van der Waals surface area (Å²) in [5.41, 5.74) is 1.87. The van der Waals surface area contributed by atoms with Crippen LogP contribution in [0.4, 0.5) is 4.79 Å². The van der Waals surface area contributed by atoms with Crippen LogP contribution in [0.15, 0.2) is 36.5 Å². The number of nitrogens with zero attached hydrogens (tertiary/aromatic N) is 3. The highest BCUT2D eigenvalue weighted by atomic mass is 16.5. The highest BCUT2D eigenvalue weighted by molar-refractivity contribution is 5.80. The van der Waals surface area contributed by atoms with Crippen LogP contribution in [0.1, 0.15) is 31.0 Å². The van der Waals surface area contributed by atoms with Gasteiger partial charge in [0.1, 0.15) is 5.41 Å². The largest absolute Gasteiger partial charge is 0.481 e. The zero-order valence-electron chi connectivity index (χ0n) is 16.7. The van der Waals surface area contributed by atoms with E-state index in [0.29, 0.717) is 19.7 Å². The fraction of sp³-hybridized carbons (Fsp3) is 0.476. The smallest absolute Gasteiger partial charge is 0.317 e. The van der Waals surface area contributed by atoms with Crippen molar-refractivity contribution in [2.75, 3.05) is 26.3 Å². The lowest BCUT2D eigenvalue weighted by Crippen LogP contribution is -2.42. The minimum Gasteiger partial charge on any atom is -0.481 e. The van der Waals surface area contributed by atoms with Gasteiger partial charge < -0.3 is 20.1 Å². The number of benzene rings is 1. The van der Waals surface area contributed by atoms with Gasteiger partial charge in [-0.05, 0) is 18.1 Å². The predicted octanol–water partition coefficient (Wildman–Crippen LogP) is 2.24. The lowest BCUT2D eigenvalue weighted by atomic mass is 9.81. The van der Waals surface area contributed by atoms with Crippen molar-refractivity contribution in [3.05, 3.63) is 47.8 Å². The predicted molar refractivity (Wildman–Crippen MR) is 106 cm³/mol. The minimum absolute atomic E-state index is 0.155. The first-order chi connectivity index (χ1) is 13.9. The van der Waals surface area contributed by atoms with Crippen molar-refractivity contribution >= 4 is 12.0 Å². The molecule has 2 aliphatic heterocycles. The molecule has 0 spiro atoms. The molecule has 0 bridgehead atoms. The van der Waals surface area contributed by atoms with E-state index in [9.17, 15) is 14.7 Å². The molecule has 154 valence electrons. The van der Waals surface area contributed by atoms with Crippen molar-refractivity contribution in [1.82, 2.24) is 20.0 Å². The lowest BCUT2D eigenvalue weighted by Gasteiger charge is -2.22. The molecule has 2 N–H and O–H groups in total. The molecule has 2 aromatic rings. The topological polar surface area (TPSA) is 96.7 Å². The Bertz CT molecular complexity index is 911. The number of carboxylic acid groups (broad SMARTS) is 1. The summed E-state index contributed by atoms with van der Waals surface area (Å²) in [5.74, 6) is -0.829. The summed E-state index contributed by atoms with van der Waals surface area (Å²) in [6, 6.07) is 9.59. The first-order valence-corrected chi connectivity index (χ1v) is 9.88. The van der Waals surface area contributed by atoms with Gasteiger partial charge in [-0.15, -0.1) is 0 Å². The molecule has 1 aromatic carbocycles. The van der Waals surface area contributed by atoms with Crippen molar-refractivity contribution in [3.8, 4) is 5.69 Å². The lowest BCUT2D eigenvalue weighted by molar-refractivity contribution is -0.149. The van der Waals surface area contributed by atoms with Crippen LogP contribution >= 0.6 is 0 Å². The van der Waals surface area contributed by atoms with Gasteiger partial charge >= 0.3 is 12.0 Å². The van der Waals surface area contributed by atoms with Gasteiger partial charge in [0.25, 0.3) is 0 Å². The summed E-state index contributed by atoms with van der Waals surface area (Å²) < 4.78 is 7.20. The molecule has 0 aliphatic carbocycles. The molecule has 8 heteroatoms. The summed E-state index contributed by atoms with van der Waals surface area (Å²) in [5, 5.41) is 17.3. The second-order valence-electron chi connectivity index (χ2n) is 8.19. The number of carbonyl (C=O) groups excluding carboxylic acids is 1. The quantitative estimate of drug-likeness (QED) is 0.805. The first-order valence-electron chi connectivity index (χ1n) is 9.88. The summed E-state index contributed by atoms with van der Waals surface area (Å²) in [7, 11) is 0. The number of ether oxygens (including phenoxy) is 1. The maximum absolute atomic E-state index is 12.7. The summed E-state index contributed by atoms with van der Waals surface area (Å²) in [4.78, 5) is 26.1. The van der Waals surface area contributed by atoms with E-state index >= 15 is 0 Å². The number of carboxylic acids is 1. The van der Waals surface area contributed by atoms with Crippen LogP contribution in [-0.4, -0.2) is 58.1 Å². The Morgan fingerprint density at radius 1 is 1.34 bits per heavy atom. The fourth-order valence-corrected chi connectivity index (χ4v) is 4.23. The normalized spacial score (nSPS) is 23.4. The number of aromatic nitrogens is 2. The Labute approximate surface area is 169 Å². The Balaban J connectivity index is 1.46. The third kappa shape index (κ3) is 3.48. The Hall–Kier alpha value is -2.87. The Morgan fingerprint density at radius 3 is 2.76 bits per heavy atom. The van der Waals surface area contributed by atoms with Crippen molar-refractivity contribution in [3.63, 3.8) is 0 Å². The number of carbonyl (C=O) groups is 2. The van der Waals surface area contributed by atoms with E-state index in [4.69, 9.17) is 9.84 Å². The van der Waals surface area contributed by atoms with E-state index < -0.39 is 11.4 Å². The average Bonchev–Trinajstić information content (AvgIpc) is 3.39. The number of hydrogen-bond acceptors (Lipinski definition) is 4. The number of urea groups is 1. The molecule has 1 aromatic heterocycles. The molecule has 0 saturated carbocycles. The zero-order valence-corrected chi connectivity index (χ0v) is 16.7. The number of likely N-dealkylation sites (tertiary alicyclic amines) is 1. The van der Waals surface area contributed by atoms with E-state index in [-0.39, 0.29) is 31.0 Å². The molecule has 2 atom stereocenters. The average molecular weight is 398 g/mol. The molecular formula is C21H26N4O4. The van der Waals surface area contributed by atoms with Crippen LogP contribution in [0.5, 0.6) is 0 Å². The van der Waals surface area contributed by atoms with Crippen molar-refractivity contribution in [2.45, 2.75) is 26.3 Å². The van der Waals surface area contributed by atoms with E-state index in [0.717, 1.165) is 16.9 Å². The molecule has 2 amide bonds. The third-order valence-corrected chi connectivity index (χ3v) is 5.91. The second kappa shape index (κ2) is 7.51. The number of rotatable bonds is 5. The standard InChI is InChI=1S/C21H26N4O4/c1-14(2)18-15(9-25(23-18)17-6-4-3-5-7-17)8-22-20(28)24-10-16-11-29-13-21(16,12-24)19(26)27/h3-7,9,14,16H,8,10-13H2,1-2H3,(H,22,28)(H,26,27)/t16-,21-/m1/s1. The van der Waals surface area contributed by atoms with Gasteiger partial charge in [-0.25, -0.2) is 9.48 Å². The number of hydrogen-bond donors (Lipinski definition) is 2. The third-order valence-electron chi connectivity index (χ3n) is 5.91. The Morgan fingerprint density at radius 2 is 2.10 bits per heavy atom. The van der Waals surface area contributed by atoms with Gasteiger partial charge in [0.15, 0.2) is 0 Å². The molecular weight excluding hydrogens is 372 g/mol. The van der Waals surface area contributed by atoms with Crippen molar-refractivity contribution in [2.24, 2.45) is 11.3 Å². The molecule has 0 radical (unpaired) electrons. The molecule has 3 heterocycles. The van der Waals surface area contributed by atoms with Crippen molar-refractivity contribution in [1.29, 1.82) is 0 Å². The molecule has 2 aliphatic rings. The van der Waals surface area contributed by atoms with Crippen molar-refractivity contribution < 1.29 is 19.4 Å². The van der Waals surface area contributed by atoms with Gasteiger partial charge in [0, 0.05) is 37.3 Å². The number of para-hydroxylation sites is 1. The number of fused-ring (bicyclic) bond motifs is 1. The number of amides is 2. The molecule has 0 unspecified atom stereocenters. The van der Waals surface area contributed by atoms with Gasteiger partial charge in [-0.3, -0.25) is 4.79 Å². The Kier molecular flexibility index (Phi) is 5.04. The van der Waals surface area contributed by atoms with E-state index in [1.165, 1.54) is 0 Å². The molecule has 2 saturated heterocycles. The highest BCUT2D eigenvalue weighted by Crippen LogP contribution is 2.41. The maximum atomic E-state index is 12.7. The van der Waals surface area contributed by atoms with E-state index in [1.54, 1.807) is 4.90 Å². The van der Waals surface area contributed by atoms with Crippen LogP contribution in [0, 0.1) is 11.3 Å². The fourth-order valence-electron chi connectivity index (χ4n) is 4.23.